The summed E-state index contributed by atoms with van der Waals surface area (Å²) < 4.78 is 5.82. The molecule has 3 rings (SSSR count). The first-order valence-electron chi connectivity index (χ1n) is 7.08. The Kier molecular flexibility index (Phi) is 3.43. The van der Waals surface area contributed by atoms with E-state index in [9.17, 15) is 0 Å². The van der Waals surface area contributed by atoms with E-state index in [4.69, 9.17) is 4.42 Å². The summed E-state index contributed by atoms with van der Waals surface area (Å²) in [6.07, 6.45) is 3.54. The number of rotatable bonds is 3. The molecular weight excluding hydrogens is 234 g/mol. The molecule has 2 nitrogen and oxygen atoms in total. The highest BCUT2D eigenvalue weighted by Gasteiger charge is 2.28. The monoisotopic (exact) mass is 255 g/mol. The van der Waals surface area contributed by atoms with Crippen molar-refractivity contribution in [1.82, 2.24) is 5.32 Å². The van der Waals surface area contributed by atoms with Gasteiger partial charge in [-0.05, 0) is 62.4 Å². The molecule has 2 unspecified atom stereocenters. The van der Waals surface area contributed by atoms with E-state index in [0.717, 1.165) is 17.9 Å². The van der Waals surface area contributed by atoms with Crippen LogP contribution in [0, 0.1) is 12.8 Å². The predicted octanol–water partition coefficient (Wildman–Crippen LogP) is 3.65. The van der Waals surface area contributed by atoms with Crippen LogP contribution in [0.3, 0.4) is 0 Å². The van der Waals surface area contributed by atoms with Crippen molar-refractivity contribution in [3.8, 4) is 0 Å². The lowest BCUT2D eigenvalue weighted by Crippen LogP contribution is -2.29. The molecule has 2 heteroatoms. The maximum absolute atomic E-state index is 5.82. The molecule has 1 aliphatic rings. The molecule has 1 aromatic carbocycles. The van der Waals surface area contributed by atoms with Crippen LogP contribution in [0.5, 0.6) is 0 Å². The van der Waals surface area contributed by atoms with Crippen LogP contribution in [-0.4, -0.2) is 7.05 Å². The lowest BCUT2D eigenvalue weighted by Gasteiger charge is -2.30. The summed E-state index contributed by atoms with van der Waals surface area (Å²) >= 11 is 0. The molecule has 1 aromatic heterocycles. The minimum atomic E-state index is 0.321. The molecule has 0 aliphatic heterocycles. The lowest BCUT2D eigenvalue weighted by atomic mass is 9.79. The topological polar surface area (TPSA) is 25.2 Å². The van der Waals surface area contributed by atoms with E-state index in [1.54, 1.807) is 0 Å². The van der Waals surface area contributed by atoms with Crippen molar-refractivity contribution in [2.24, 2.45) is 5.92 Å². The number of aryl methyl sites for hydroxylation is 2. The number of hydrogen-bond acceptors (Lipinski definition) is 2. The molecule has 1 aliphatic carbocycles. The molecule has 0 amide bonds. The summed E-state index contributed by atoms with van der Waals surface area (Å²) in [6, 6.07) is 13.3. The second kappa shape index (κ2) is 5.22. The second-order valence-corrected chi connectivity index (χ2v) is 5.49. The van der Waals surface area contributed by atoms with Gasteiger partial charge >= 0.3 is 0 Å². The van der Waals surface area contributed by atoms with E-state index >= 15 is 0 Å². The average molecular weight is 255 g/mol. The molecule has 1 N–H and O–H groups in total. The van der Waals surface area contributed by atoms with E-state index in [1.165, 1.54) is 24.0 Å². The maximum atomic E-state index is 5.82. The summed E-state index contributed by atoms with van der Waals surface area (Å²) in [5.41, 5.74) is 3.02. The van der Waals surface area contributed by atoms with Gasteiger partial charge < -0.3 is 9.73 Å². The minimum Gasteiger partial charge on any atom is -0.465 e. The fourth-order valence-corrected chi connectivity index (χ4v) is 3.24. The van der Waals surface area contributed by atoms with Gasteiger partial charge in [0, 0.05) is 0 Å². The van der Waals surface area contributed by atoms with Crippen molar-refractivity contribution >= 4 is 0 Å². The van der Waals surface area contributed by atoms with Gasteiger partial charge in [-0.2, -0.15) is 0 Å². The fourth-order valence-electron chi connectivity index (χ4n) is 3.24. The average Bonchev–Trinajstić information content (AvgIpc) is 2.86. The summed E-state index contributed by atoms with van der Waals surface area (Å²) in [5.74, 6) is 2.68. The Morgan fingerprint density at radius 2 is 1.95 bits per heavy atom. The smallest absolute Gasteiger partial charge is 0.121 e. The second-order valence-electron chi connectivity index (χ2n) is 5.49. The summed E-state index contributed by atoms with van der Waals surface area (Å²) in [4.78, 5) is 0. The van der Waals surface area contributed by atoms with E-state index in [0.29, 0.717) is 12.0 Å². The van der Waals surface area contributed by atoms with Gasteiger partial charge in [0.05, 0.1) is 6.04 Å². The van der Waals surface area contributed by atoms with Crippen LogP contribution in [0.4, 0.5) is 0 Å². The highest BCUT2D eigenvalue weighted by molar-refractivity contribution is 5.30. The first kappa shape index (κ1) is 12.5. The number of hydrogen-bond donors (Lipinski definition) is 1. The molecule has 0 fully saturated rings. The minimum absolute atomic E-state index is 0.321. The van der Waals surface area contributed by atoms with Gasteiger partial charge in [0.1, 0.15) is 11.5 Å². The van der Waals surface area contributed by atoms with Gasteiger partial charge in [0.2, 0.25) is 0 Å². The quantitative estimate of drug-likeness (QED) is 0.905. The summed E-state index contributed by atoms with van der Waals surface area (Å²) in [6.45, 7) is 2.01. The highest BCUT2D eigenvalue weighted by Crippen LogP contribution is 2.34. The predicted molar refractivity (Wildman–Crippen MR) is 77.2 cm³/mol. The maximum Gasteiger partial charge on any atom is 0.121 e. The molecule has 0 spiro atoms. The van der Waals surface area contributed by atoms with Crippen molar-refractivity contribution in [3.63, 3.8) is 0 Å². The molecule has 100 valence electrons. The van der Waals surface area contributed by atoms with E-state index in [2.05, 4.69) is 41.7 Å². The van der Waals surface area contributed by atoms with E-state index in [-0.39, 0.29) is 0 Å². The van der Waals surface area contributed by atoms with Crippen LogP contribution in [0.2, 0.25) is 0 Å². The molecule has 19 heavy (non-hydrogen) atoms. The van der Waals surface area contributed by atoms with Crippen molar-refractivity contribution < 1.29 is 4.42 Å². The first-order chi connectivity index (χ1) is 9.28. The van der Waals surface area contributed by atoms with Gasteiger partial charge in [0.25, 0.3) is 0 Å². The molecule has 0 saturated heterocycles. The van der Waals surface area contributed by atoms with Crippen LogP contribution >= 0.6 is 0 Å². The largest absolute Gasteiger partial charge is 0.465 e. The molecular formula is C17H21NO. The zero-order chi connectivity index (χ0) is 13.2. The van der Waals surface area contributed by atoms with Crippen molar-refractivity contribution in [3.05, 3.63) is 59.0 Å². The third kappa shape index (κ3) is 2.45. The Labute approximate surface area is 114 Å². The normalized spacial score (nSPS) is 20.0. The van der Waals surface area contributed by atoms with Crippen molar-refractivity contribution in [2.45, 2.75) is 32.2 Å². The Hall–Kier alpha value is -1.54. The van der Waals surface area contributed by atoms with Crippen molar-refractivity contribution in [1.29, 1.82) is 0 Å². The van der Waals surface area contributed by atoms with Gasteiger partial charge in [-0.15, -0.1) is 0 Å². The van der Waals surface area contributed by atoms with Gasteiger partial charge in [-0.1, -0.05) is 24.3 Å². The Morgan fingerprint density at radius 1 is 1.16 bits per heavy atom. The lowest BCUT2D eigenvalue weighted by molar-refractivity contribution is 0.293. The first-order valence-corrected chi connectivity index (χ1v) is 7.08. The van der Waals surface area contributed by atoms with Gasteiger partial charge in [-0.25, -0.2) is 0 Å². The Bertz CT molecular complexity index is 558. The van der Waals surface area contributed by atoms with Crippen LogP contribution in [0.15, 0.2) is 40.8 Å². The zero-order valence-electron chi connectivity index (χ0n) is 11.6. The number of nitrogens with one attached hydrogen (secondary N) is 1. The van der Waals surface area contributed by atoms with E-state index in [1.807, 2.05) is 14.0 Å². The number of furan rings is 1. The molecule has 2 aromatic rings. The standard InChI is InChI=1S/C17H21NO/c1-12-7-10-16(19-12)17(18-2)15-9-8-13-5-3-4-6-14(13)11-15/h3-7,10,15,17-18H,8-9,11H2,1-2H3. The van der Waals surface area contributed by atoms with Crippen LogP contribution in [0.1, 0.15) is 35.1 Å². The Morgan fingerprint density at radius 3 is 2.63 bits per heavy atom. The summed E-state index contributed by atoms with van der Waals surface area (Å²) in [5, 5.41) is 3.44. The molecule has 1 heterocycles. The SMILES string of the molecule is CNC(c1ccc(C)o1)C1CCc2ccccc2C1. The molecule has 0 radical (unpaired) electrons. The molecule has 0 bridgehead atoms. The third-order valence-electron chi connectivity index (χ3n) is 4.24. The van der Waals surface area contributed by atoms with Gasteiger partial charge in [0.15, 0.2) is 0 Å². The molecule has 0 saturated carbocycles. The third-order valence-corrected chi connectivity index (χ3v) is 4.24. The van der Waals surface area contributed by atoms with Crippen molar-refractivity contribution in [2.75, 3.05) is 7.05 Å². The summed E-state index contributed by atoms with van der Waals surface area (Å²) in [7, 11) is 2.03. The number of fused-ring (bicyclic) bond motifs is 1. The Balaban J connectivity index is 1.83. The van der Waals surface area contributed by atoms with Crippen LogP contribution in [-0.2, 0) is 12.8 Å². The zero-order valence-corrected chi connectivity index (χ0v) is 11.6. The van der Waals surface area contributed by atoms with Gasteiger partial charge in [-0.3, -0.25) is 0 Å². The van der Waals surface area contributed by atoms with E-state index < -0.39 is 0 Å². The van der Waals surface area contributed by atoms with Crippen LogP contribution in [0.25, 0.3) is 0 Å². The van der Waals surface area contributed by atoms with Crippen LogP contribution < -0.4 is 5.32 Å². The fraction of sp³-hybridized carbons (Fsp3) is 0.412. The number of benzene rings is 1. The molecule has 2 atom stereocenters. The highest BCUT2D eigenvalue weighted by atomic mass is 16.3.